The zero-order chi connectivity index (χ0) is 20.7. The summed E-state index contributed by atoms with van der Waals surface area (Å²) in [6.07, 6.45) is 0. The topological polar surface area (TPSA) is 60.9 Å². The van der Waals surface area contributed by atoms with Crippen molar-refractivity contribution in [2.75, 3.05) is 39.3 Å². The summed E-state index contributed by atoms with van der Waals surface area (Å²) < 4.78 is 27.4. The van der Waals surface area contributed by atoms with E-state index in [-0.39, 0.29) is 6.61 Å². The lowest BCUT2D eigenvalue weighted by molar-refractivity contribution is 0.151. The summed E-state index contributed by atoms with van der Waals surface area (Å²) >= 11 is 0. The molecular weight excluding hydrogens is 384 g/mol. The first kappa shape index (κ1) is 21.5. The van der Waals surface area contributed by atoms with Gasteiger partial charge in [-0.05, 0) is 18.4 Å². The number of fused-ring (bicyclic) bond motifs is 1. The number of rotatable bonds is 4. The molecule has 0 atom stereocenters. The molecule has 6 heteroatoms. The van der Waals surface area contributed by atoms with Crippen LogP contribution in [0.25, 0.3) is 10.8 Å². The average Bonchev–Trinajstić information content (AvgIpc) is 2.75. The number of aliphatic hydroxyl groups excluding tert-OH is 1. The zero-order valence-electron chi connectivity index (χ0n) is 16.7. The van der Waals surface area contributed by atoms with Gasteiger partial charge in [-0.2, -0.15) is 4.31 Å². The Kier molecular flexibility index (Phi) is 7.39. The molecule has 0 aliphatic carbocycles. The van der Waals surface area contributed by atoms with E-state index in [1.54, 1.807) is 16.4 Å². The molecule has 3 aromatic rings. The molecule has 1 heterocycles. The van der Waals surface area contributed by atoms with Crippen molar-refractivity contribution in [2.45, 2.75) is 11.8 Å². The lowest BCUT2D eigenvalue weighted by Crippen LogP contribution is -2.49. The molecule has 154 valence electrons. The second-order valence-electron chi connectivity index (χ2n) is 7.10. The minimum absolute atomic E-state index is 0.107. The number of aliphatic hydroxyl groups is 1. The monoisotopic (exact) mass is 412 g/mol. The first-order valence-corrected chi connectivity index (χ1v) is 11.3. The van der Waals surface area contributed by atoms with Gasteiger partial charge in [0.1, 0.15) is 0 Å². The van der Waals surface area contributed by atoms with Gasteiger partial charge < -0.3 is 5.11 Å². The van der Waals surface area contributed by atoms with Gasteiger partial charge in [0.05, 0.1) is 11.5 Å². The van der Waals surface area contributed by atoms with Crippen LogP contribution in [0.1, 0.15) is 5.56 Å². The van der Waals surface area contributed by atoms with Gasteiger partial charge in [0.2, 0.25) is 10.0 Å². The van der Waals surface area contributed by atoms with E-state index in [1.165, 1.54) is 5.56 Å². The summed E-state index contributed by atoms with van der Waals surface area (Å²) in [4.78, 5) is 2.45. The smallest absolute Gasteiger partial charge is 0.243 e. The van der Waals surface area contributed by atoms with Gasteiger partial charge >= 0.3 is 0 Å². The van der Waals surface area contributed by atoms with Crippen LogP contribution in [0.3, 0.4) is 0 Å². The van der Waals surface area contributed by atoms with Gasteiger partial charge in [-0.3, -0.25) is 4.90 Å². The molecule has 1 fully saturated rings. The van der Waals surface area contributed by atoms with Crippen molar-refractivity contribution in [3.05, 3.63) is 78.4 Å². The van der Waals surface area contributed by atoms with Crippen molar-refractivity contribution < 1.29 is 13.5 Å². The van der Waals surface area contributed by atoms with E-state index in [0.717, 1.165) is 10.8 Å². The number of piperazine rings is 1. The fourth-order valence-corrected chi connectivity index (χ4v) is 5.07. The van der Waals surface area contributed by atoms with E-state index in [0.29, 0.717) is 37.6 Å². The van der Waals surface area contributed by atoms with Crippen LogP contribution in [0.2, 0.25) is 0 Å². The Labute approximate surface area is 173 Å². The Morgan fingerprint density at radius 1 is 0.828 bits per heavy atom. The van der Waals surface area contributed by atoms with E-state index >= 15 is 0 Å². The second-order valence-corrected chi connectivity index (χ2v) is 9.01. The lowest BCUT2D eigenvalue weighted by atomic mass is 10.1. The molecule has 4 rings (SSSR count). The van der Waals surface area contributed by atoms with Gasteiger partial charge in [0.25, 0.3) is 0 Å². The van der Waals surface area contributed by atoms with Gasteiger partial charge in [-0.15, -0.1) is 0 Å². The quantitative estimate of drug-likeness (QED) is 0.715. The van der Waals surface area contributed by atoms with Crippen molar-refractivity contribution in [3.63, 3.8) is 0 Å². The Morgan fingerprint density at radius 2 is 1.45 bits per heavy atom. The largest absolute Gasteiger partial charge is 0.395 e. The molecule has 0 radical (unpaired) electrons. The van der Waals surface area contributed by atoms with Crippen LogP contribution in [0.15, 0.2) is 77.7 Å². The number of benzene rings is 3. The molecule has 1 aliphatic heterocycles. The Bertz CT molecular complexity index is 1010. The molecule has 0 aromatic heterocycles. The minimum Gasteiger partial charge on any atom is -0.395 e. The standard InChI is InChI=1S/C16H20N2O3S.C7H8/c19-13-12-17-8-10-18(11-9-17)22(20,21)16-7-3-5-14-4-1-2-6-15(14)16;1-7-5-3-2-4-6-7/h1-7,19H,8-13H2;2-6H,1H3. The van der Waals surface area contributed by atoms with Crippen molar-refractivity contribution >= 4 is 20.8 Å². The average molecular weight is 413 g/mol. The van der Waals surface area contributed by atoms with Crippen LogP contribution >= 0.6 is 0 Å². The molecule has 1 saturated heterocycles. The molecule has 0 amide bonds. The van der Waals surface area contributed by atoms with Crippen molar-refractivity contribution in [1.82, 2.24) is 9.21 Å². The molecule has 0 bridgehead atoms. The fourth-order valence-electron chi connectivity index (χ4n) is 3.43. The molecule has 3 aromatic carbocycles. The number of nitrogens with zero attached hydrogens (tertiary/aromatic N) is 2. The molecule has 1 N–H and O–H groups in total. The first-order chi connectivity index (χ1) is 14.0. The summed E-state index contributed by atoms with van der Waals surface area (Å²) in [5.41, 5.74) is 1.32. The summed E-state index contributed by atoms with van der Waals surface area (Å²) in [6.45, 7) is 5.03. The van der Waals surface area contributed by atoms with Crippen LogP contribution in [-0.2, 0) is 10.0 Å². The molecule has 5 nitrogen and oxygen atoms in total. The van der Waals surface area contributed by atoms with E-state index < -0.39 is 10.0 Å². The highest BCUT2D eigenvalue weighted by Crippen LogP contribution is 2.26. The fraction of sp³-hybridized carbons (Fsp3) is 0.304. The van der Waals surface area contributed by atoms with E-state index in [4.69, 9.17) is 5.11 Å². The normalized spacial score (nSPS) is 15.7. The Balaban J connectivity index is 0.000000290. The maximum absolute atomic E-state index is 12.9. The van der Waals surface area contributed by atoms with Crippen LogP contribution in [-0.4, -0.2) is 62.1 Å². The van der Waals surface area contributed by atoms with Crippen LogP contribution in [0.4, 0.5) is 0 Å². The molecule has 0 saturated carbocycles. The third-order valence-electron chi connectivity index (χ3n) is 5.06. The van der Waals surface area contributed by atoms with Gasteiger partial charge in [0.15, 0.2) is 0 Å². The van der Waals surface area contributed by atoms with Crippen molar-refractivity contribution in [3.8, 4) is 0 Å². The highest BCUT2D eigenvalue weighted by Gasteiger charge is 2.29. The zero-order valence-corrected chi connectivity index (χ0v) is 17.6. The third kappa shape index (κ3) is 5.42. The van der Waals surface area contributed by atoms with Crippen molar-refractivity contribution in [2.24, 2.45) is 0 Å². The van der Waals surface area contributed by atoms with Crippen LogP contribution in [0.5, 0.6) is 0 Å². The summed E-state index contributed by atoms with van der Waals surface area (Å²) in [5.74, 6) is 0. The molecule has 0 spiro atoms. The van der Waals surface area contributed by atoms with E-state index in [1.807, 2.05) is 48.5 Å². The van der Waals surface area contributed by atoms with E-state index in [2.05, 4.69) is 24.0 Å². The van der Waals surface area contributed by atoms with Gasteiger partial charge in [-0.25, -0.2) is 8.42 Å². The molecule has 1 aliphatic rings. The SMILES string of the molecule is Cc1ccccc1.O=S(=O)(c1cccc2ccccc12)N1CCN(CCO)CC1. The van der Waals surface area contributed by atoms with Crippen LogP contribution in [0, 0.1) is 6.92 Å². The minimum atomic E-state index is -3.48. The number of sulfonamides is 1. The number of hydrogen-bond acceptors (Lipinski definition) is 4. The maximum atomic E-state index is 12.9. The molecular formula is C23H28N2O3S. The lowest BCUT2D eigenvalue weighted by Gasteiger charge is -2.33. The first-order valence-electron chi connectivity index (χ1n) is 9.85. The Hall–Kier alpha value is -2.25. The highest BCUT2D eigenvalue weighted by atomic mass is 32.2. The number of hydrogen-bond donors (Lipinski definition) is 1. The highest BCUT2D eigenvalue weighted by molar-refractivity contribution is 7.89. The summed E-state index contributed by atoms with van der Waals surface area (Å²) in [5, 5.41) is 10.7. The number of β-amino-alcohol motifs (C(OH)–C–C–N with tert-alkyl or cyclic N) is 1. The summed E-state index contributed by atoms with van der Waals surface area (Å²) in [7, 11) is -3.48. The molecule has 0 unspecified atom stereocenters. The van der Waals surface area contributed by atoms with Gasteiger partial charge in [-0.1, -0.05) is 72.3 Å². The number of aryl methyl sites for hydroxylation is 1. The predicted molar refractivity (Wildman–Crippen MR) is 117 cm³/mol. The molecule has 29 heavy (non-hydrogen) atoms. The maximum Gasteiger partial charge on any atom is 0.243 e. The van der Waals surface area contributed by atoms with Crippen molar-refractivity contribution in [1.29, 1.82) is 0 Å². The Morgan fingerprint density at radius 3 is 2.07 bits per heavy atom. The summed E-state index contributed by atoms with van der Waals surface area (Å²) in [6, 6.07) is 23.2. The van der Waals surface area contributed by atoms with Crippen LogP contribution < -0.4 is 0 Å². The van der Waals surface area contributed by atoms with E-state index in [9.17, 15) is 8.42 Å². The third-order valence-corrected chi connectivity index (χ3v) is 7.01. The van der Waals surface area contributed by atoms with Gasteiger partial charge in [0, 0.05) is 38.1 Å². The second kappa shape index (κ2) is 9.98. The predicted octanol–water partition coefficient (Wildman–Crippen LogP) is 3.13.